The molecule has 5 heteroatoms. The van der Waals surface area contributed by atoms with Gasteiger partial charge in [0.05, 0.1) is 0 Å². The predicted molar refractivity (Wildman–Crippen MR) is 90.2 cm³/mol. The quantitative estimate of drug-likeness (QED) is 0.587. The third-order valence-corrected chi connectivity index (χ3v) is 3.85. The molecule has 0 aliphatic heterocycles. The van der Waals surface area contributed by atoms with Gasteiger partial charge in [0.15, 0.2) is 0 Å². The van der Waals surface area contributed by atoms with Crippen LogP contribution in [-0.2, 0) is 6.54 Å². The minimum Gasteiger partial charge on any atom is -0.376 e. The lowest BCUT2D eigenvalue weighted by molar-refractivity contribution is 0.585. The Hall–Kier alpha value is -2.82. The van der Waals surface area contributed by atoms with E-state index in [1.165, 1.54) is 24.3 Å². The van der Waals surface area contributed by atoms with Crippen LogP contribution in [-0.4, -0.2) is 0 Å². The van der Waals surface area contributed by atoms with Gasteiger partial charge in [0.1, 0.15) is 29.0 Å². The number of hydrogen-bond donors (Lipinski definition) is 1. The average molecular weight is 345 g/mol. The molecule has 0 unspecified atom stereocenters. The van der Waals surface area contributed by atoms with E-state index in [0.717, 1.165) is 17.7 Å². The summed E-state index contributed by atoms with van der Waals surface area (Å²) < 4.78 is 55.6. The highest BCUT2D eigenvalue weighted by Crippen LogP contribution is 2.28. The van der Waals surface area contributed by atoms with Crippen LogP contribution in [0.2, 0.25) is 0 Å². The molecule has 128 valence electrons. The molecule has 0 saturated heterocycles. The second kappa shape index (κ2) is 6.97. The lowest BCUT2D eigenvalue weighted by Gasteiger charge is -2.13. The second-order valence-electron chi connectivity index (χ2n) is 5.75. The first-order chi connectivity index (χ1) is 12.0. The Morgan fingerprint density at radius 3 is 2.20 bits per heavy atom. The monoisotopic (exact) mass is 345 g/mol. The number of nitrogens with one attached hydrogen (secondary N) is 1. The fourth-order valence-electron chi connectivity index (χ4n) is 2.69. The van der Waals surface area contributed by atoms with Crippen molar-refractivity contribution in [2.24, 2.45) is 0 Å². The van der Waals surface area contributed by atoms with E-state index in [-0.39, 0.29) is 23.4 Å². The maximum Gasteiger partial charge on any atom is 0.149 e. The molecule has 0 spiro atoms. The zero-order valence-electron chi connectivity index (χ0n) is 13.4. The predicted octanol–water partition coefficient (Wildman–Crippen LogP) is 5.83. The van der Waals surface area contributed by atoms with E-state index in [0.29, 0.717) is 5.56 Å². The first-order valence-electron chi connectivity index (χ1n) is 7.68. The SMILES string of the molecule is Cc1cc(CNc2c(F)cccc2F)c(F)c(-c2cccc(F)c2)c1. The highest BCUT2D eigenvalue weighted by molar-refractivity contribution is 5.66. The summed E-state index contributed by atoms with van der Waals surface area (Å²) in [5.41, 5.74) is 1.33. The van der Waals surface area contributed by atoms with Gasteiger partial charge in [-0.25, -0.2) is 17.6 Å². The third kappa shape index (κ3) is 3.65. The van der Waals surface area contributed by atoms with Crippen LogP contribution in [0.25, 0.3) is 11.1 Å². The summed E-state index contributed by atoms with van der Waals surface area (Å²) in [6, 6.07) is 12.3. The molecule has 0 atom stereocenters. The summed E-state index contributed by atoms with van der Waals surface area (Å²) in [5, 5.41) is 2.59. The maximum absolute atomic E-state index is 14.8. The fraction of sp³-hybridized carbons (Fsp3) is 0.100. The van der Waals surface area contributed by atoms with Crippen molar-refractivity contribution < 1.29 is 17.6 Å². The molecule has 0 aliphatic rings. The largest absolute Gasteiger partial charge is 0.376 e. The number of aryl methyl sites for hydroxylation is 1. The standard InChI is InChI=1S/C20H15F4N/c1-12-8-14(11-25-20-17(22)6-3-7-18(20)23)19(24)16(9-12)13-4-2-5-15(21)10-13/h2-10,25H,11H2,1H3. The summed E-state index contributed by atoms with van der Waals surface area (Å²) in [5.74, 6) is -2.52. The van der Waals surface area contributed by atoms with Crippen LogP contribution in [0, 0.1) is 30.2 Å². The molecule has 25 heavy (non-hydrogen) atoms. The van der Waals surface area contributed by atoms with Crippen molar-refractivity contribution in [1.82, 2.24) is 0 Å². The molecule has 1 N–H and O–H groups in total. The van der Waals surface area contributed by atoms with Crippen LogP contribution in [0.1, 0.15) is 11.1 Å². The molecule has 0 heterocycles. The lowest BCUT2D eigenvalue weighted by Crippen LogP contribution is -2.06. The zero-order valence-corrected chi connectivity index (χ0v) is 13.4. The molecule has 0 radical (unpaired) electrons. The highest BCUT2D eigenvalue weighted by atomic mass is 19.1. The van der Waals surface area contributed by atoms with Gasteiger partial charge in [-0.2, -0.15) is 0 Å². The van der Waals surface area contributed by atoms with Gasteiger partial charge in [0, 0.05) is 17.7 Å². The second-order valence-corrected chi connectivity index (χ2v) is 5.75. The summed E-state index contributed by atoms with van der Waals surface area (Å²) in [6.45, 7) is 1.67. The topological polar surface area (TPSA) is 12.0 Å². The first kappa shape index (κ1) is 17.0. The zero-order chi connectivity index (χ0) is 18.0. The first-order valence-corrected chi connectivity index (χ1v) is 7.68. The Morgan fingerprint density at radius 1 is 0.840 bits per heavy atom. The van der Waals surface area contributed by atoms with E-state index in [1.54, 1.807) is 25.1 Å². The Morgan fingerprint density at radius 2 is 1.52 bits per heavy atom. The summed E-state index contributed by atoms with van der Waals surface area (Å²) in [6.07, 6.45) is 0. The van der Waals surface area contributed by atoms with Gasteiger partial charge >= 0.3 is 0 Å². The van der Waals surface area contributed by atoms with Crippen LogP contribution >= 0.6 is 0 Å². The van der Waals surface area contributed by atoms with Gasteiger partial charge in [0.25, 0.3) is 0 Å². The molecule has 0 fully saturated rings. The number of rotatable bonds is 4. The molecule has 3 aromatic carbocycles. The normalized spacial score (nSPS) is 10.8. The number of anilines is 1. The van der Waals surface area contributed by atoms with E-state index in [9.17, 15) is 17.6 Å². The van der Waals surface area contributed by atoms with Gasteiger partial charge in [-0.15, -0.1) is 0 Å². The smallest absolute Gasteiger partial charge is 0.149 e. The summed E-state index contributed by atoms with van der Waals surface area (Å²) in [4.78, 5) is 0. The molecule has 0 aromatic heterocycles. The molecule has 3 rings (SSSR count). The van der Waals surface area contributed by atoms with Crippen LogP contribution in [0.4, 0.5) is 23.2 Å². The summed E-state index contributed by atoms with van der Waals surface area (Å²) >= 11 is 0. The van der Waals surface area contributed by atoms with Gasteiger partial charge in [-0.3, -0.25) is 0 Å². The molecular weight excluding hydrogens is 330 g/mol. The van der Waals surface area contributed by atoms with Crippen LogP contribution < -0.4 is 5.32 Å². The van der Waals surface area contributed by atoms with Crippen molar-refractivity contribution in [3.8, 4) is 11.1 Å². The van der Waals surface area contributed by atoms with E-state index in [1.807, 2.05) is 0 Å². The molecule has 3 aromatic rings. The van der Waals surface area contributed by atoms with Crippen molar-refractivity contribution >= 4 is 5.69 Å². The third-order valence-electron chi connectivity index (χ3n) is 3.85. The van der Waals surface area contributed by atoms with Crippen molar-refractivity contribution in [3.63, 3.8) is 0 Å². The van der Waals surface area contributed by atoms with E-state index < -0.39 is 23.3 Å². The number of halogens is 4. The minimum atomic E-state index is -0.751. The Kier molecular flexibility index (Phi) is 4.74. The Balaban J connectivity index is 1.95. The van der Waals surface area contributed by atoms with Gasteiger partial charge in [-0.05, 0) is 48.4 Å². The van der Waals surface area contributed by atoms with Crippen molar-refractivity contribution in [1.29, 1.82) is 0 Å². The van der Waals surface area contributed by atoms with Gasteiger partial charge in [0.2, 0.25) is 0 Å². The van der Waals surface area contributed by atoms with E-state index in [2.05, 4.69) is 5.32 Å². The molecule has 0 bridgehead atoms. The van der Waals surface area contributed by atoms with Crippen molar-refractivity contribution in [2.45, 2.75) is 13.5 Å². The molecule has 0 saturated carbocycles. The number of benzene rings is 3. The Bertz CT molecular complexity index is 901. The van der Waals surface area contributed by atoms with Crippen LogP contribution in [0.3, 0.4) is 0 Å². The van der Waals surface area contributed by atoms with Gasteiger partial charge < -0.3 is 5.32 Å². The van der Waals surface area contributed by atoms with E-state index in [4.69, 9.17) is 0 Å². The number of hydrogen-bond acceptors (Lipinski definition) is 1. The van der Waals surface area contributed by atoms with Crippen LogP contribution in [0.5, 0.6) is 0 Å². The lowest BCUT2D eigenvalue weighted by atomic mass is 9.99. The average Bonchev–Trinajstić information content (AvgIpc) is 2.57. The molecular formula is C20H15F4N. The van der Waals surface area contributed by atoms with Crippen molar-refractivity contribution in [2.75, 3.05) is 5.32 Å². The van der Waals surface area contributed by atoms with E-state index >= 15 is 0 Å². The minimum absolute atomic E-state index is 0.103. The summed E-state index contributed by atoms with van der Waals surface area (Å²) in [7, 11) is 0. The maximum atomic E-state index is 14.8. The molecule has 1 nitrogen and oxygen atoms in total. The fourth-order valence-corrected chi connectivity index (χ4v) is 2.69. The molecule has 0 amide bonds. The number of para-hydroxylation sites is 1. The van der Waals surface area contributed by atoms with Gasteiger partial charge in [-0.1, -0.05) is 24.3 Å². The molecule has 0 aliphatic carbocycles. The Labute approximate surface area is 142 Å². The van der Waals surface area contributed by atoms with Crippen LogP contribution in [0.15, 0.2) is 54.6 Å². The van der Waals surface area contributed by atoms with Crippen molar-refractivity contribution in [3.05, 3.63) is 89.0 Å². The highest BCUT2D eigenvalue weighted by Gasteiger charge is 2.14.